The number of hydrogen-bond donors (Lipinski definition) is 1. The third-order valence-corrected chi connectivity index (χ3v) is 3.16. The van der Waals surface area contributed by atoms with E-state index in [2.05, 4.69) is 58.7 Å². The summed E-state index contributed by atoms with van der Waals surface area (Å²) in [6, 6.07) is 0. The number of carbonyl (C=O) groups is 1. The van der Waals surface area contributed by atoms with Crippen molar-refractivity contribution in [3.05, 3.63) is 0 Å². The lowest BCUT2D eigenvalue weighted by Gasteiger charge is -2.26. The van der Waals surface area contributed by atoms with Gasteiger partial charge in [-0.3, -0.25) is 4.79 Å². The van der Waals surface area contributed by atoms with Gasteiger partial charge in [-0.15, -0.1) is 0 Å². The normalized spacial score (nSPS) is 12.8. The molecule has 0 aromatic carbocycles. The maximum atomic E-state index is 11.8. The van der Waals surface area contributed by atoms with Crippen molar-refractivity contribution in [3.63, 3.8) is 0 Å². The van der Waals surface area contributed by atoms with E-state index in [9.17, 15) is 4.79 Å². The van der Waals surface area contributed by atoms with E-state index in [1.807, 2.05) is 0 Å². The fraction of sp³-hybridized carbons (Fsp3) is 0.941. The lowest BCUT2D eigenvalue weighted by Crippen LogP contribution is -2.37. The van der Waals surface area contributed by atoms with Crippen LogP contribution in [-0.2, 0) is 4.79 Å². The van der Waals surface area contributed by atoms with Gasteiger partial charge in [0.1, 0.15) is 0 Å². The van der Waals surface area contributed by atoms with Crippen LogP contribution in [-0.4, -0.2) is 37.0 Å². The minimum Gasteiger partial charge on any atom is -0.355 e. The average molecular weight is 284 g/mol. The molecule has 120 valence electrons. The van der Waals surface area contributed by atoms with Crippen molar-refractivity contribution in [2.45, 2.75) is 67.7 Å². The highest BCUT2D eigenvalue weighted by Gasteiger charge is 2.16. The summed E-state index contributed by atoms with van der Waals surface area (Å²) in [4.78, 5) is 14.2. The monoisotopic (exact) mass is 284 g/mol. The summed E-state index contributed by atoms with van der Waals surface area (Å²) in [5.74, 6) is 0.171. The van der Waals surface area contributed by atoms with Crippen molar-refractivity contribution in [1.82, 2.24) is 10.2 Å². The Morgan fingerprint density at radius 1 is 0.950 bits per heavy atom. The zero-order valence-electron chi connectivity index (χ0n) is 14.8. The van der Waals surface area contributed by atoms with Gasteiger partial charge >= 0.3 is 0 Å². The van der Waals surface area contributed by atoms with Gasteiger partial charge in [0.25, 0.3) is 0 Å². The van der Waals surface area contributed by atoms with Crippen molar-refractivity contribution in [2.24, 2.45) is 10.8 Å². The van der Waals surface area contributed by atoms with E-state index in [1.165, 1.54) is 12.8 Å². The van der Waals surface area contributed by atoms with Gasteiger partial charge in [-0.2, -0.15) is 0 Å². The molecule has 0 atom stereocenters. The number of nitrogens with zero attached hydrogens (tertiary/aromatic N) is 1. The van der Waals surface area contributed by atoms with Crippen LogP contribution in [0.2, 0.25) is 0 Å². The molecule has 0 fully saturated rings. The Morgan fingerprint density at radius 2 is 1.55 bits per heavy atom. The Balaban J connectivity index is 4.00. The van der Waals surface area contributed by atoms with Gasteiger partial charge in [-0.25, -0.2) is 0 Å². The first-order valence-corrected chi connectivity index (χ1v) is 8.02. The number of carbonyl (C=O) groups excluding carboxylic acids is 1. The molecule has 0 radical (unpaired) electrons. The number of amides is 1. The zero-order valence-corrected chi connectivity index (χ0v) is 14.8. The van der Waals surface area contributed by atoms with Crippen molar-refractivity contribution in [2.75, 3.05) is 26.2 Å². The van der Waals surface area contributed by atoms with Crippen LogP contribution in [0.15, 0.2) is 0 Å². The van der Waals surface area contributed by atoms with E-state index in [-0.39, 0.29) is 11.3 Å². The predicted molar refractivity (Wildman–Crippen MR) is 87.9 cm³/mol. The molecule has 3 nitrogen and oxygen atoms in total. The highest BCUT2D eigenvalue weighted by molar-refractivity contribution is 5.76. The van der Waals surface area contributed by atoms with Crippen LogP contribution in [0.1, 0.15) is 67.7 Å². The molecule has 1 N–H and O–H groups in total. The summed E-state index contributed by atoms with van der Waals surface area (Å²) in [7, 11) is 0. The topological polar surface area (TPSA) is 32.3 Å². The molecule has 0 unspecified atom stereocenters. The molecule has 1 amide bonds. The average Bonchev–Trinajstić information content (AvgIpc) is 2.22. The number of rotatable bonds is 8. The van der Waals surface area contributed by atoms with Crippen LogP contribution in [0.5, 0.6) is 0 Å². The molecule has 0 rings (SSSR count). The molecule has 0 aliphatic rings. The minimum atomic E-state index is 0.0689. The summed E-state index contributed by atoms with van der Waals surface area (Å²) >= 11 is 0. The Bertz CT molecular complexity index is 274. The van der Waals surface area contributed by atoms with E-state index in [4.69, 9.17) is 0 Å². The smallest absolute Gasteiger partial charge is 0.220 e. The molecular formula is C17H36N2O. The van der Waals surface area contributed by atoms with Crippen molar-refractivity contribution in [3.8, 4) is 0 Å². The van der Waals surface area contributed by atoms with Crippen LogP contribution < -0.4 is 5.32 Å². The summed E-state index contributed by atoms with van der Waals surface area (Å²) in [6.45, 7) is 19.3. The molecule has 0 saturated heterocycles. The van der Waals surface area contributed by atoms with Crippen LogP contribution >= 0.6 is 0 Å². The first-order valence-electron chi connectivity index (χ1n) is 8.02. The molecular weight excluding hydrogens is 248 g/mol. The number of hydrogen-bond acceptors (Lipinski definition) is 2. The van der Waals surface area contributed by atoms with Gasteiger partial charge in [0.15, 0.2) is 0 Å². The lowest BCUT2D eigenvalue weighted by atomic mass is 9.92. The Hall–Kier alpha value is -0.570. The maximum Gasteiger partial charge on any atom is 0.220 e. The fourth-order valence-corrected chi connectivity index (χ4v) is 2.04. The van der Waals surface area contributed by atoms with Gasteiger partial charge in [-0.1, -0.05) is 48.5 Å². The zero-order chi connectivity index (χ0) is 15.8. The maximum absolute atomic E-state index is 11.8. The summed E-state index contributed by atoms with van der Waals surface area (Å²) in [5, 5.41) is 3.04. The van der Waals surface area contributed by atoms with Crippen molar-refractivity contribution < 1.29 is 4.79 Å². The van der Waals surface area contributed by atoms with Gasteiger partial charge in [0, 0.05) is 19.5 Å². The molecule has 0 aromatic heterocycles. The second kappa shape index (κ2) is 8.66. The molecule has 0 aromatic rings. The quantitative estimate of drug-likeness (QED) is 0.737. The summed E-state index contributed by atoms with van der Waals surface area (Å²) < 4.78 is 0. The van der Waals surface area contributed by atoms with E-state index in [0.717, 1.165) is 26.2 Å². The van der Waals surface area contributed by atoms with E-state index in [1.54, 1.807) is 0 Å². The summed E-state index contributed by atoms with van der Waals surface area (Å²) in [5.41, 5.74) is 0.445. The van der Waals surface area contributed by atoms with Crippen molar-refractivity contribution in [1.29, 1.82) is 0 Å². The van der Waals surface area contributed by atoms with Gasteiger partial charge in [0.2, 0.25) is 5.91 Å². The molecule has 0 spiro atoms. The minimum absolute atomic E-state index is 0.0689. The second-order valence-corrected chi connectivity index (χ2v) is 8.24. The van der Waals surface area contributed by atoms with Crippen LogP contribution in [0.4, 0.5) is 0 Å². The van der Waals surface area contributed by atoms with E-state index >= 15 is 0 Å². The van der Waals surface area contributed by atoms with Crippen LogP contribution in [0.3, 0.4) is 0 Å². The molecule has 0 aliphatic heterocycles. The largest absolute Gasteiger partial charge is 0.355 e. The fourth-order valence-electron chi connectivity index (χ4n) is 2.04. The Labute approximate surface area is 126 Å². The molecule has 0 saturated carbocycles. The highest BCUT2D eigenvalue weighted by atomic mass is 16.1. The molecule has 0 aliphatic carbocycles. The molecule has 3 heteroatoms. The van der Waals surface area contributed by atoms with E-state index in [0.29, 0.717) is 11.8 Å². The van der Waals surface area contributed by atoms with Crippen LogP contribution in [0, 0.1) is 10.8 Å². The molecule has 20 heavy (non-hydrogen) atoms. The second-order valence-electron chi connectivity index (χ2n) is 8.24. The third-order valence-electron chi connectivity index (χ3n) is 3.16. The van der Waals surface area contributed by atoms with Crippen molar-refractivity contribution >= 4 is 5.91 Å². The van der Waals surface area contributed by atoms with Gasteiger partial charge < -0.3 is 10.2 Å². The Kier molecular flexibility index (Phi) is 8.41. The van der Waals surface area contributed by atoms with Gasteiger partial charge in [0.05, 0.1) is 0 Å². The number of nitrogens with one attached hydrogen (secondary N) is 1. The standard InChI is InChI=1S/C17H36N2O/c1-8-11-19(12-9-16(2,3)4)13-10-18-15(20)14-17(5,6)7/h8-14H2,1-7H3,(H,18,20). The first kappa shape index (κ1) is 19.4. The molecule has 0 heterocycles. The Morgan fingerprint density at radius 3 is 2.00 bits per heavy atom. The van der Waals surface area contributed by atoms with Crippen LogP contribution in [0.25, 0.3) is 0 Å². The highest BCUT2D eigenvalue weighted by Crippen LogP contribution is 2.19. The summed E-state index contributed by atoms with van der Waals surface area (Å²) in [6.07, 6.45) is 2.96. The third kappa shape index (κ3) is 12.5. The van der Waals surface area contributed by atoms with Gasteiger partial charge in [-0.05, 0) is 36.8 Å². The lowest BCUT2D eigenvalue weighted by molar-refractivity contribution is -0.122. The van der Waals surface area contributed by atoms with E-state index < -0.39 is 0 Å². The predicted octanol–water partition coefficient (Wildman–Crippen LogP) is 3.69. The SMILES string of the molecule is CCCN(CCNC(=O)CC(C)(C)C)CCC(C)(C)C. The molecule has 0 bridgehead atoms. The first-order chi connectivity index (χ1) is 9.03.